The van der Waals surface area contributed by atoms with Crippen LogP contribution >= 0.6 is 11.6 Å². The van der Waals surface area contributed by atoms with Crippen molar-refractivity contribution in [3.8, 4) is 0 Å². The Morgan fingerprint density at radius 1 is 1.35 bits per heavy atom. The average molecular weight is 300 g/mol. The highest BCUT2D eigenvalue weighted by atomic mass is 35.5. The molecule has 0 aliphatic carbocycles. The molecule has 0 fully saturated rings. The van der Waals surface area contributed by atoms with Crippen LogP contribution in [0.5, 0.6) is 0 Å². The summed E-state index contributed by atoms with van der Waals surface area (Å²) in [5.74, 6) is -0.265. The Balaban J connectivity index is 3.18. The van der Waals surface area contributed by atoms with Gasteiger partial charge in [-0.1, -0.05) is 25.4 Å². The van der Waals surface area contributed by atoms with Crippen LogP contribution < -0.4 is 5.73 Å². The second kappa shape index (κ2) is 7.09. The molecule has 1 aromatic carbocycles. The summed E-state index contributed by atoms with van der Waals surface area (Å²) >= 11 is 5.87. The van der Waals surface area contributed by atoms with Gasteiger partial charge in [-0.2, -0.15) is 0 Å². The quantitative estimate of drug-likeness (QED) is 0.496. The van der Waals surface area contributed by atoms with Gasteiger partial charge in [-0.25, -0.2) is 0 Å². The lowest BCUT2D eigenvalue weighted by Crippen LogP contribution is -2.32. The van der Waals surface area contributed by atoms with E-state index in [1.807, 2.05) is 13.8 Å². The Morgan fingerprint density at radius 3 is 2.35 bits per heavy atom. The number of nitro groups is 1. The molecule has 1 aromatic rings. The molecular formula is C13H18ClN3O3. The van der Waals surface area contributed by atoms with Crippen LogP contribution in [0.25, 0.3) is 0 Å². The van der Waals surface area contributed by atoms with Crippen molar-refractivity contribution in [2.24, 2.45) is 0 Å². The van der Waals surface area contributed by atoms with Crippen LogP contribution in [0.3, 0.4) is 0 Å². The second-order valence-electron chi connectivity index (χ2n) is 4.44. The molecule has 0 bridgehead atoms. The van der Waals surface area contributed by atoms with E-state index < -0.39 is 4.92 Å². The van der Waals surface area contributed by atoms with E-state index in [0.29, 0.717) is 13.1 Å². The zero-order valence-electron chi connectivity index (χ0n) is 11.6. The summed E-state index contributed by atoms with van der Waals surface area (Å²) in [7, 11) is 0. The maximum atomic E-state index is 12.4. The monoisotopic (exact) mass is 299 g/mol. The normalized spacial score (nSPS) is 10.3. The zero-order chi connectivity index (χ0) is 15.3. The highest BCUT2D eigenvalue weighted by Gasteiger charge is 2.22. The van der Waals surface area contributed by atoms with Crippen molar-refractivity contribution in [2.45, 2.75) is 26.7 Å². The Labute approximate surface area is 122 Å². The van der Waals surface area contributed by atoms with Crippen LogP contribution in [0.1, 0.15) is 37.0 Å². The van der Waals surface area contributed by atoms with E-state index in [0.717, 1.165) is 12.8 Å². The van der Waals surface area contributed by atoms with E-state index in [4.69, 9.17) is 17.3 Å². The molecule has 0 saturated carbocycles. The number of halogens is 1. The van der Waals surface area contributed by atoms with Crippen molar-refractivity contribution in [2.75, 3.05) is 18.8 Å². The molecule has 0 aliphatic rings. The van der Waals surface area contributed by atoms with E-state index in [-0.39, 0.29) is 27.9 Å². The molecule has 0 atom stereocenters. The van der Waals surface area contributed by atoms with E-state index in [1.54, 1.807) is 4.90 Å². The average Bonchev–Trinajstić information content (AvgIpc) is 2.40. The maximum Gasteiger partial charge on any atom is 0.294 e. The van der Waals surface area contributed by atoms with Crippen molar-refractivity contribution in [1.82, 2.24) is 4.90 Å². The predicted molar refractivity (Wildman–Crippen MR) is 79.0 cm³/mol. The minimum Gasteiger partial charge on any atom is -0.392 e. The van der Waals surface area contributed by atoms with Crippen molar-refractivity contribution in [3.63, 3.8) is 0 Å². The predicted octanol–water partition coefficient (Wildman–Crippen LogP) is 3.09. The number of rotatable bonds is 6. The van der Waals surface area contributed by atoms with Crippen molar-refractivity contribution < 1.29 is 9.72 Å². The molecule has 0 radical (unpaired) electrons. The molecule has 110 valence electrons. The Hall–Kier alpha value is -1.82. The molecule has 6 nitrogen and oxygen atoms in total. The minimum absolute atomic E-state index is 0.0236. The SMILES string of the molecule is CCCN(CCC)C(=O)c1cc(Cl)c(N)c([N+](=O)[O-])c1. The first-order valence-electron chi connectivity index (χ1n) is 6.45. The fourth-order valence-corrected chi connectivity index (χ4v) is 2.13. The summed E-state index contributed by atoms with van der Waals surface area (Å²) < 4.78 is 0. The molecule has 0 spiro atoms. The van der Waals surface area contributed by atoms with Gasteiger partial charge in [0.25, 0.3) is 11.6 Å². The first-order valence-corrected chi connectivity index (χ1v) is 6.82. The molecule has 1 amide bonds. The maximum absolute atomic E-state index is 12.4. The summed E-state index contributed by atoms with van der Waals surface area (Å²) in [6, 6.07) is 2.56. The number of nitrogen functional groups attached to an aromatic ring is 1. The highest BCUT2D eigenvalue weighted by Crippen LogP contribution is 2.31. The highest BCUT2D eigenvalue weighted by molar-refractivity contribution is 6.34. The zero-order valence-corrected chi connectivity index (χ0v) is 12.3. The van der Waals surface area contributed by atoms with E-state index in [9.17, 15) is 14.9 Å². The van der Waals surface area contributed by atoms with Gasteiger partial charge in [-0.15, -0.1) is 0 Å². The molecule has 0 aromatic heterocycles. The molecule has 2 N–H and O–H groups in total. The molecule has 20 heavy (non-hydrogen) atoms. The molecule has 0 heterocycles. The lowest BCUT2D eigenvalue weighted by molar-refractivity contribution is -0.383. The number of anilines is 1. The van der Waals surface area contributed by atoms with Gasteiger partial charge in [0.2, 0.25) is 0 Å². The number of benzene rings is 1. The van der Waals surface area contributed by atoms with Gasteiger partial charge in [0.05, 0.1) is 9.95 Å². The summed E-state index contributed by atoms with van der Waals surface area (Å²) in [6.45, 7) is 5.13. The van der Waals surface area contributed by atoms with E-state index >= 15 is 0 Å². The van der Waals surface area contributed by atoms with Gasteiger partial charge in [-0.3, -0.25) is 14.9 Å². The van der Waals surface area contributed by atoms with Crippen LogP contribution in [0.2, 0.25) is 5.02 Å². The third-order valence-corrected chi connectivity index (χ3v) is 3.14. The fourth-order valence-electron chi connectivity index (χ4n) is 1.92. The van der Waals surface area contributed by atoms with Gasteiger partial charge in [-0.05, 0) is 18.9 Å². The number of hydrogen-bond acceptors (Lipinski definition) is 4. The third-order valence-electron chi connectivity index (χ3n) is 2.83. The number of hydrogen-bond donors (Lipinski definition) is 1. The smallest absolute Gasteiger partial charge is 0.294 e. The largest absolute Gasteiger partial charge is 0.392 e. The first-order chi connectivity index (χ1) is 9.42. The summed E-state index contributed by atoms with van der Waals surface area (Å²) in [5.41, 5.74) is 5.28. The number of nitrogens with zero attached hydrogens (tertiary/aromatic N) is 2. The Kier molecular flexibility index (Phi) is 5.76. The van der Waals surface area contributed by atoms with Crippen LogP contribution in [-0.4, -0.2) is 28.8 Å². The molecule has 0 saturated heterocycles. The number of nitrogens with two attached hydrogens (primary N) is 1. The van der Waals surface area contributed by atoms with Crippen molar-refractivity contribution in [3.05, 3.63) is 32.8 Å². The van der Waals surface area contributed by atoms with Crippen LogP contribution in [0.15, 0.2) is 12.1 Å². The lowest BCUT2D eigenvalue weighted by atomic mass is 10.1. The second-order valence-corrected chi connectivity index (χ2v) is 4.85. The molecule has 1 rings (SSSR count). The summed E-state index contributed by atoms with van der Waals surface area (Å²) in [5, 5.41) is 10.9. The van der Waals surface area contributed by atoms with Gasteiger partial charge in [0.15, 0.2) is 0 Å². The first kappa shape index (κ1) is 16.2. The lowest BCUT2D eigenvalue weighted by Gasteiger charge is -2.21. The third kappa shape index (κ3) is 3.60. The molecule has 0 unspecified atom stereocenters. The topological polar surface area (TPSA) is 89.5 Å². The molecule has 0 aliphatic heterocycles. The Bertz CT molecular complexity index is 514. The van der Waals surface area contributed by atoms with Crippen molar-refractivity contribution in [1.29, 1.82) is 0 Å². The fraction of sp³-hybridized carbons (Fsp3) is 0.462. The van der Waals surface area contributed by atoms with Crippen LogP contribution in [0, 0.1) is 10.1 Å². The molecular weight excluding hydrogens is 282 g/mol. The summed E-state index contributed by atoms with van der Waals surface area (Å²) in [4.78, 5) is 24.3. The number of nitro benzene ring substituents is 1. The van der Waals surface area contributed by atoms with Gasteiger partial charge < -0.3 is 10.6 Å². The number of carbonyl (C=O) groups excluding carboxylic acids is 1. The van der Waals surface area contributed by atoms with Crippen LogP contribution in [0.4, 0.5) is 11.4 Å². The number of amides is 1. The standard InChI is InChI=1S/C13H18ClN3O3/c1-3-5-16(6-4-2)13(18)9-7-10(14)12(15)11(8-9)17(19)20/h7-8H,3-6,15H2,1-2H3. The van der Waals surface area contributed by atoms with E-state index in [2.05, 4.69) is 0 Å². The van der Waals surface area contributed by atoms with Crippen LogP contribution in [-0.2, 0) is 0 Å². The van der Waals surface area contributed by atoms with Gasteiger partial charge >= 0.3 is 0 Å². The Morgan fingerprint density at radius 2 is 1.90 bits per heavy atom. The number of carbonyl (C=O) groups is 1. The van der Waals surface area contributed by atoms with E-state index in [1.165, 1.54) is 12.1 Å². The van der Waals surface area contributed by atoms with Gasteiger partial charge in [0, 0.05) is 24.7 Å². The molecule has 7 heteroatoms. The van der Waals surface area contributed by atoms with Crippen molar-refractivity contribution >= 4 is 28.9 Å². The minimum atomic E-state index is -0.637. The summed E-state index contributed by atoms with van der Waals surface area (Å²) in [6.07, 6.45) is 1.63. The van der Waals surface area contributed by atoms with Gasteiger partial charge in [0.1, 0.15) is 5.69 Å².